The van der Waals surface area contributed by atoms with E-state index in [0.29, 0.717) is 34.2 Å². The molecule has 0 amide bonds. The van der Waals surface area contributed by atoms with Crippen LogP contribution in [0.3, 0.4) is 0 Å². The van der Waals surface area contributed by atoms with Crippen LogP contribution in [0.4, 0.5) is 30.7 Å². The minimum atomic E-state index is -6.81. The number of phenols is 1. The van der Waals surface area contributed by atoms with E-state index in [-0.39, 0.29) is 65.4 Å². The normalized spacial score (nSPS) is 26.6. The summed E-state index contributed by atoms with van der Waals surface area (Å²) < 4.78 is 136. The highest BCUT2D eigenvalue weighted by atomic mass is 32.2. The van der Waals surface area contributed by atoms with Crippen LogP contribution in [0.2, 0.25) is 0 Å². The predicted molar refractivity (Wildman–Crippen MR) is 218 cm³/mol. The van der Waals surface area contributed by atoms with Crippen molar-refractivity contribution >= 4 is 29.7 Å². The maximum Gasteiger partial charge on any atom is 0.460 e. The average Bonchev–Trinajstić information content (AvgIpc) is 3.76. The van der Waals surface area contributed by atoms with Gasteiger partial charge in [-0.05, 0) is 68.1 Å². The van der Waals surface area contributed by atoms with Gasteiger partial charge in [0.25, 0.3) is 0 Å². The van der Waals surface area contributed by atoms with Crippen molar-refractivity contribution in [2.75, 3.05) is 47.0 Å². The zero-order valence-corrected chi connectivity index (χ0v) is 37.2. The number of ether oxygens (including phenoxy) is 7. The van der Waals surface area contributed by atoms with E-state index in [1.165, 1.54) is 25.8 Å². The van der Waals surface area contributed by atoms with Gasteiger partial charge in [0.1, 0.15) is 18.4 Å². The molecule has 10 rings (SSSR count). The molecule has 0 radical (unpaired) electrons. The topological polar surface area (TPSA) is 178 Å². The van der Waals surface area contributed by atoms with Crippen LogP contribution in [0.1, 0.15) is 68.8 Å². The van der Waals surface area contributed by atoms with Crippen molar-refractivity contribution in [1.29, 1.82) is 5.26 Å². The van der Waals surface area contributed by atoms with Gasteiger partial charge in [0.05, 0.1) is 37.6 Å². The van der Waals surface area contributed by atoms with Gasteiger partial charge in [-0.1, -0.05) is 6.07 Å². The number of nitrogens with one attached hydrogen (secondary N) is 1. The van der Waals surface area contributed by atoms with E-state index in [9.17, 15) is 55.5 Å². The van der Waals surface area contributed by atoms with Crippen LogP contribution in [-0.4, -0.2) is 116 Å². The molecule has 4 bridgehead atoms. The molecule has 7 aliphatic heterocycles. The molecule has 0 aliphatic carbocycles. The van der Waals surface area contributed by atoms with Crippen LogP contribution in [0, 0.1) is 25.2 Å². The molecule has 1 spiro atoms. The number of likely N-dealkylation sites (N-methyl/N-ethyl adjacent to an activating group) is 1. The summed E-state index contributed by atoms with van der Waals surface area (Å²) in [6.07, 6.45) is -6.47. The molecule has 1 unspecified atom stereocenters. The molecule has 3 aromatic carbocycles. The number of alkyl halides is 7. The standard InChI is InChI=1S/C44H41F7N4O11S/c1-17-9-21-10-23-24(13-52)55-25-14-62-39(58)41(22-12-26(60-5)27(11-20(22)7-8-53-41)66-40(59)42(45,46)43(47,48)44(49,50)51)15-67-38(32(55)31(54(23)4)28(21)33(57)34(17)61-6)30-29(25)37-36(63-16-64-37)18(2)35(30)65-19(3)56/h9,11-12,23-25,31-32,38,53,57H,7-8,10,14-16H2,1-6H3/t23-,24-,25+,31+,32?,38+,41+/m0/s1. The number of hydrogen-bond donors (Lipinski definition) is 2. The zero-order valence-electron chi connectivity index (χ0n) is 36.4. The first-order chi connectivity index (χ1) is 31.6. The Balaban J connectivity index is 1.24. The number of esters is 3. The van der Waals surface area contributed by atoms with E-state index in [4.69, 9.17) is 28.4 Å². The van der Waals surface area contributed by atoms with Gasteiger partial charge in [0, 0.05) is 53.6 Å². The number of methoxy groups -OCH3 is 2. The lowest BCUT2D eigenvalue weighted by Gasteiger charge is -2.62. The van der Waals surface area contributed by atoms with Gasteiger partial charge < -0.3 is 38.3 Å². The SMILES string of the molecule is COc1cc2c(cc1OC(=O)C(F)(F)C(F)(F)C(F)(F)F)CCN[C@]21CS[C@@H]2c3c(OC(C)=O)c(C)c4c(c3[C@@H](COC1=O)N1C2[C@H]2c3c(cc(C)c(OC)c3O)C[C@@H]([C@@H]1C#N)N2C)OCO4. The monoisotopic (exact) mass is 966 g/mol. The highest BCUT2D eigenvalue weighted by Crippen LogP contribution is 2.65. The largest absolute Gasteiger partial charge is 0.504 e. The number of aromatic hydroxyl groups is 1. The molecule has 2 N–H and O–H groups in total. The summed E-state index contributed by atoms with van der Waals surface area (Å²) >= 11 is 1.19. The fraction of sp³-hybridized carbons (Fsp3) is 0.500. The molecular formula is C44H41F7N4O11S. The van der Waals surface area contributed by atoms with Gasteiger partial charge >= 0.3 is 35.9 Å². The van der Waals surface area contributed by atoms with E-state index in [1.807, 2.05) is 22.9 Å². The summed E-state index contributed by atoms with van der Waals surface area (Å²) in [5.41, 5.74) is 1.67. The molecule has 15 nitrogen and oxygen atoms in total. The molecule has 67 heavy (non-hydrogen) atoms. The number of nitriles is 1. The maximum absolute atomic E-state index is 15.0. The number of carbonyl (C=O) groups is 3. The lowest BCUT2D eigenvalue weighted by Crippen LogP contribution is -2.69. The van der Waals surface area contributed by atoms with Crippen LogP contribution >= 0.6 is 11.8 Å². The van der Waals surface area contributed by atoms with Crippen LogP contribution < -0.4 is 33.7 Å². The fourth-order valence-electron chi connectivity index (χ4n) is 10.7. The number of piperazine rings is 1. The first-order valence-corrected chi connectivity index (χ1v) is 21.8. The number of halogens is 7. The van der Waals surface area contributed by atoms with E-state index >= 15 is 0 Å². The summed E-state index contributed by atoms with van der Waals surface area (Å²) in [5, 5.41) is 25.6. The zero-order chi connectivity index (χ0) is 48.4. The van der Waals surface area contributed by atoms with Crippen molar-refractivity contribution in [2.45, 2.75) is 92.6 Å². The second-order valence-electron chi connectivity index (χ2n) is 17.1. The smallest absolute Gasteiger partial charge is 0.460 e. The average molecular weight is 967 g/mol. The van der Waals surface area contributed by atoms with Gasteiger partial charge in [0.2, 0.25) is 6.79 Å². The quantitative estimate of drug-likeness (QED) is 0.166. The Morgan fingerprint density at radius 3 is 2.33 bits per heavy atom. The highest BCUT2D eigenvalue weighted by Gasteiger charge is 2.77. The lowest BCUT2D eigenvalue weighted by molar-refractivity contribution is -0.346. The highest BCUT2D eigenvalue weighted by molar-refractivity contribution is 7.99. The number of hydrogen-bond acceptors (Lipinski definition) is 16. The Bertz CT molecular complexity index is 2680. The molecule has 3 aromatic rings. The van der Waals surface area contributed by atoms with Crippen LogP contribution in [0.15, 0.2) is 18.2 Å². The molecule has 7 aliphatic rings. The molecule has 23 heteroatoms. The van der Waals surface area contributed by atoms with E-state index in [2.05, 4.69) is 16.1 Å². The number of aryl methyl sites for hydroxylation is 1. The second kappa shape index (κ2) is 16.0. The number of thioether (sulfide) groups is 1. The summed E-state index contributed by atoms with van der Waals surface area (Å²) in [7, 11) is 4.27. The van der Waals surface area contributed by atoms with Crippen molar-refractivity contribution in [3.63, 3.8) is 0 Å². The van der Waals surface area contributed by atoms with Crippen molar-refractivity contribution in [2.24, 2.45) is 0 Å². The van der Waals surface area contributed by atoms with Gasteiger partial charge in [-0.2, -0.15) is 36.0 Å². The summed E-state index contributed by atoms with van der Waals surface area (Å²) in [4.78, 5) is 44.4. The third kappa shape index (κ3) is 6.59. The Morgan fingerprint density at radius 2 is 1.67 bits per heavy atom. The fourth-order valence-corrected chi connectivity index (χ4v) is 12.4. The van der Waals surface area contributed by atoms with E-state index in [0.717, 1.165) is 24.8 Å². The summed E-state index contributed by atoms with van der Waals surface area (Å²) in [5.74, 6) is -18.8. The number of rotatable bonds is 6. The first kappa shape index (κ1) is 46.4. The van der Waals surface area contributed by atoms with E-state index < -0.39 is 95.0 Å². The van der Waals surface area contributed by atoms with E-state index in [1.54, 1.807) is 13.8 Å². The van der Waals surface area contributed by atoms with Crippen LogP contribution in [0.5, 0.6) is 40.2 Å². The number of benzene rings is 3. The number of phenolic OH excluding ortho intramolecular Hbond substituents is 1. The molecule has 358 valence electrons. The molecule has 7 heterocycles. The molecule has 7 atom stereocenters. The maximum atomic E-state index is 15.0. The van der Waals surface area contributed by atoms with Crippen molar-refractivity contribution in [1.82, 2.24) is 15.1 Å². The minimum absolute atomic E-state index is 0.00133. The molecule has 2 saturated heterocycles. The third-order valence-corrected chi connectivity index (χ3v) is 15.1. The number of carbonyl (C=O) groups excluding carboxylic acids is 3. The Labute approximate surface area is 381 Å². The number of nitrogens with zero attached hydrogens (tertiary/aromatic N) is 3. The van der Waals surface area contributed by atoms with Crippen LogP contribution in [-0.2, 0) is 37.5 Å². The third-order valence-electron chi connectivity index (χ3n) is 13.6. The molecular weight excluding hydrogens is 926 g/mol. The molecule has 0 aromatic heterocycles. The van der Waals surface area contributed by atoms with Gasteiger partial charge in [-0.15, -0.1) is 11.8 Å². The Hall–Kier alpha value is -5.70. The Morgan fingerprint density at radius 1 is 0.955 bits per heavy atom. The number of fused-ring (bicyclic) bond motifs is 9. The van der Waals surface area contributed by atoms with Gasteiger partial charge in [-0.25, -0.2) is 9.59 Å². The van der Waals surface area contributed by atoms with Crippen LogP contribution in [0.25, 0.3) is 0 Å². The molecule has 2 fully saturated rings. The summed E-state index contributed by atoms with van der Waals surface area (Å²) in [6.45, 7) is 4.03. The molecule has 0 saturated carbocycles. The van der Waals surface area contributed by atoms with Gasteiger partial charge in [0.15, 0.2) is 40.0 Å². The van der Waals surface area contributed by atoms with Crippen molar-refractivity contribution in [3.8, 4) is 46.3 Å². The predicted octanol–water partition coefficient (Wildman–Crippen LogP) is 6.02. The summed E-state index contributed by atoms with van der Waals surface area (Å²) in [6, 6.07) is 2.67. The first-order valence-electron chi connectivity index (χ1n) is 20.8. The lowest BCUT2D eigenvalue weighted by atomic mass is 9.71. The van der Waals surface area contributed by atoms with Crippen molar-refractivity contribution < 1.29 is 83.4 Å². The van der Waals surface area contributed by atoms with Gasteiger partial charge in [-0.3, -0.25) is 19.9 Å². The second-order valence-corrected chi connectivity index (χ2v) is 18.2. The Kier molecular flexibility index (Phi) is 11.0. The minimum Gasteiger partial charge on any atom is -0.504 e. The van der Waals surface area contributed by atoms with Crippen molar-refractivity contribution in [3.05, 3.63) is 62.7 Å².